The Bertz CT molecular complexity index is 766. The Morgan fingerprint density at radius 3 is 3.11 bits per heavy atom. The smallest absolute Gasteiger partial charge is 0.181 e. The lowest BCUT2D eigenvalue weighted by molar-refractivity contribution is 1.18. The first kappa shape index (κ1) is 12.1. The molecule has 3 aromatic heterocycles. The summed E-state index contributed by atoms with van der Waals surface area (Å²) in [6, 6.07) is 8.14. The summed E-state index contributed by atoms with van der Waals surface area (Å²) in [5, 5.41) is 9.88. The van der Waals surface area contributed by atoms with Gasteiger partial charge < -0.3 is 10.1 Å². The standard InChI is InChI=1S/C13H10N4S2/c14-5-10-9(7-17-4-2-1-3-11(10)17)8-18-12-6-16-13(15)19-12/h1-4,6-7H,8H2,(H2,15,16). The summed E-state index contributed by atoms with van der Waals surface area (Å²) in [7, 11) is 0. The fourth-order valence-electron chi connectivity index (χ4n) is 1.90. The van der Waals surface area contributed by atoms with Gasteiger partial charge in [-0.1, -0.05) is 17.4 Å². The van der Waals surface area contributed by atoms with Crippen LogP contribution in [0.3, 0.4) is 0 Å². The number of nitrogens with zero attached hydrogens (tertiary/aromatic N) is 3. The molecule has 0 fully saturated rings. The van der Waals surface area contributed by atoms with Crippen LogP contribution >= 0.6 is 23.1 Å². The van der Waals surface area contributed by atoms with Crippen LogP contribution in [0.5, 0.6) is 0 Å². The molecule has 6 heteroatoms. The van der Waals surface area contributed by atoms with Crippen molar-refractivity contribution in [3.63, 3.8) is 0 Å². The van der Waals surface area contributed by atoms with Crippen molar-refractivity contribution in [2.75, 3.05) is 5.73 Å². The second-order valence-electron chi connectivity index (χ2n) is 3.94. The molecule has 0 amide bonds. The number of fused-ring (bicyclic) bond motifs is 1. The number of hydrogen-bond acceptors (Lipinski definition) is 5. The molecule has 4 nitrogen and oxygen atoms in total. The maximum atomic E-state index is 9.30. The van der Waals surface area contributed by atoms with Gasteiger partial charge in [-0.3, -0.25) is 0 Å². The van der Waals surface area contributed by atoms with E-state index in [2.05, 4.69) is 11.1 Å². The molecule has 0 unspecified atom stereocenters. The lowest BCUT2D eigenvalue weighted by Gasteiger charge is -1.95. The molecule has 0 spiro atoms. The summed E-state index contributed by atoms with van der Waals surface area (Å²) in [6.45, 7) is 0. The molecule has 2 N–H and O–H groups in total. The molecular formula is C13H10N4S2. The Hall–Kier alpha value is -1.97. The van der Waals surface area contributed by atoms with E-state index in [1.807, 2.05) is 35.0 Å². The van der Waals surface area contributed by atoms with Gasteiger partial charge in [-0.15, -0.1) is 11.8 Å². The van der Waals surface area contributed by atoms with Crippen molar-refractivity contribution in [2.45, 2.75) is 9.96 Å². The van der Waals surface area contributed by atoms with Crippen molar-refractivity contribution in [1.82, 2.24) is 9.38 Å². The first-order valence-corrected chi connectivity index (χ1v) is 7.41. The SMILES string of the molecule is N#Cc1c(CSc2cnc(N)s2)cn2ccccc12. The van der Waals surface area contributed by atoms with E-state index in [4.69, 9.17) is 5.73 Å². The number of pyridine rings is 1. The lowest BCUT2D eigenvalue weighted by atomic mass is 10.2. The highest BCUT2D eigenvalue weighted by Crippen LogP contribution is 2.31. The van der Waals surface area contributed by atoms with Crippen molar-refractivity contribution in [2.24, 2.45) is 0 Å². The number of nitrogens with two attached hydrogens (primary N) is 1. The van der Waals surface area contributed by atoms with Gasteiger partial charge in [0.05, 0.1) is 21.5 Å². The van der Waals surface area contributed by atoms with Crippen molar-refractivity contribution in [3.05, 3.63) is 47.9 Å². The first-order valence-electron chi connectivity index (χ1n) is 5.60. The zero-order chi connectivity index (χ0) is 13.2. The van der Waals surface area contributed by atoms with Crippen molar-refractivity contribution in [3.8, 4) is 6.07 Å². The molecule has 19 heavy (non-hydrogen) atoms. The molecule has 3 aromatic rings. The fraction of sp³-hybridized carbons (Fsp3) is 0.0769. The predicted molar refractivity (Wildman–Crippen MR) is 78.2 cm³/mol. The van der Waals surface area contributed by atoms with Crippen LogP contribution < -0.4 is 5.73 Å². The Labute approximate surface area is 118 Å². The number of aromatic nitrogens is 2. The summed E-state index contributed by atoms with van der Waals surface area (Å²) in [5.41, 5.74) is 8.33. The van der Waals surface area contributed by atoms with Crippen molar-refractivity contribution >= 4 is 33.7 Å². The molecule has 0 aliphatic carbocycles. The molecule has 3 rings (SSSR count). The summed E-state index contributed by atoms with van der Waals surface area (Å²) in [6.07, 6.45) is 5.73. The predicted octanol–water partition coefficient (Wildman–Crippen LogP) is 3.14. The van der Waals surface area contributed by atoms with Crippen LogP contribution in [-0.4, -0.2) is 9.38 Å². The quantitative estimate of drug-likeness (QED) is 0.751. The monoisotopic (exact) mass is 286 g/mol. The normalized spacial score (nSPS) is 10.7. The van der Waals surface area contributed by atoms with Gasteiger partial charge >= 0.3 is 0 Å². The number of nitriles is 1. The summed E-state index contributed by atoms with van der Waals surface area (Å²) in [4.78, 5) is 4.02. The highest BCUT2D eigenvalue weighted by Gasteiger charge is 2.10. The molecular weight excluding hydrogens is 276 g/mol. The molecule has 0 aliphatic heterocycles. The number of thiazole rings is 1. The number of nitrogen functional groups attached to an aromatic ring is 1. The maximum absolute atomic E-state index is 9.30. The third kappa shape index (κ3) is 2.30. The van der Waals surface area contributed by atoms with Gasteiger partial charge in [0.25, 0.3) is 0 Å². The minimum absolute atomic E-state index is 0.574. The van der Waals surface area contributed by atoms with Gasteiger partial charge in [-0.2, -0.15) is 5.26 Å². The number of thioether (sulfide) groups is 1. The Balaban J connectivity index is 1.90. The van der Waals surface area contributed by atoms with E-state index >= 15 is 0 Å². The summed E-state index contributed by atoms with van der Waals surface area (Å²) >= 11 is 3.12. The van der Waals surface area contributed by atoms with Gasteiger partial charge in [0.15, 0.2) is 5.13 Å². The van der Waals surface area contributed by atoms with Gasteiger partial charge in [0.1, 0.15) is 6.07 Å². The first-order chi connectivity index (χ1) is 9.28. The zero-order valence-corrected chi connectivity index (χ0v) is 11.5. The van der Waals surface area contributed by atoms with Crippen LogP contribution in [0.2, 0.25) is 0 Å². The van der Waals surface area contributed by atoms with Crippen LogP contribution in [0.25, 0.3) is 5.52 Å². The van der Waals surface area contributed by atoms with E-state index in [1.165, 1.54) is 11.3 Å². The third-order valence-electron chi connectivity index (χ3n) is 2.75. The van der Waals surface area contributed by atoms with E-state index < -0.39 is 0 Å². The summed E-state index contributed by atoms with van der Waals surface area (Å²) in [5.74, 6) is 0.742. The topological polar surface area (TPSA) is 67.1 Å². The molecule has 94 valence electrons. The molecule has 0 radical (unpaired) electrons. The summed E-state index contributed by atoms with van der Waals surface area (Å²) < 4.78 is 3.05. The number of anilines is 1. The average Bonchev–Trinajstić information content (AvgIpc) is 2.99. The van der Waals surface area contributed by atoms with E-state index in [1.54, 1.807) is 18.0 Å². The van der Waals surface area contributed by atoms with E-state index in [-0.39, 0.29) is 0 Å². The molecule has 0 atom stereocenters. The van der Waals surface area contributed by atoms with Gasteiger partial charge in [-0.25, -0.2) is 4.98 Å². The van der Waals surface area contributed by atoms with E-state index in [0.29, 0.717) is 5.13 Å². The Morgan fingerprint density at radius 2 is 2.37 bits per heavy atom. The van der Waals surface area contributed by atoms with E-state index in [0.717, 1.165) is 26.6 Å². The van der Waals surface area contributed by atoms with Crippen LogP contribution in [0.4, 0.5) is 5.13 Å². The van der Waals surface area contributed by atoms with Gasteiger partial charge in [-0.05, 0) is 17.7 Å². The van der Waals surface area contributed by atoms with Crippen molar-refractivity contribution < 1.29 is 0 Å². The average molecular weight is 286 g/mol. The minimum Gasteiger partial charge on any atom is -0.375 e. The third-order valence-corrected chi connectivity index (χ3v) is 4.82. The number of rotatable bonds is 3. The van der Waals surface area contributed by atoms with Crippen molar-refractivity contribution in [1.29, 1.82) is 5.26 Å². The maximum Gasteiger partial charge on any atom is 0.181 e. The molecule has 0 aromatic carbocycles. The molecule has 3 heterocycles. The van der Waals surface area contributed by atoms with Crippen LogP contribution in [0, 0.1) is 11.3 Å². The highest BCUT2D eigenvalue weighted by atomic mass is 32.2. The minimum atomic E-state index is 0.574. The Kier molecular flexibility index (Phi) is 3.15. The fourth-order valence-corrected chi connectivity index (χ4v) is 3.63. The molecule has 0 saturated heterocycles. The molecule has 0 saturated carbocycles. The second-order valence-corrected chi connectivity index (χ2v) is 6.28. The van der Waals surface area contributed by atoms with Crippen LogP contribution in [0.1, 0.15) is 11.1 Å². The zero-order valence-electron chi connectivity index (χ0n) is 9.91. The molecule has 0 bridgehead atoms. The van der Waals surface area contributed by atoms with Crippen LogP contribution in [0.15, 0.2) is 41.0 Å². The van der Waals surface area contributed by atoms with Gasteiger partial charge in [0, 0.05) is 18.1 Å². The number of hydrogen-bond donors (Lipinski definition) is 1. The van der Waals surface area contributed by atoms with E-state index in [9.17, 15) is 5.26 Å². The van der Waals surface area contributed by atoms with Crippen LogP contribution in [-0.2, 0) is 5.75 Å². The second kappa shape index (κ2) is 4.96. The Morgan fingerprint density at radius 1 is 1.47 bits per heavy atom. The van der Waals surface area contributed by atoms with Gasteiger partial charge in [0.2, 0.25) is 0 Å². The highest BCUT2D eigenvalue weighted by molar-refractivity contribution is 8.00. The lowest BCUT2D eigenvalue weighted by Crippen LogP contribution is -1.80. The molecule has 0 aliphatic rings. The largest absolute Gasteiger partial charge is 0.375 e.